The molecule has 1 fully saturated rings. The molecule has 2 rings (SSSR count). The first-order chi connectivity index (χ1) is 9.11. The van der Waals surface area contributed by atoms with Crippen molar-refractivity contribution in [3.63, 3.8) is 0 Å². The van der Waals surface area contributed by atoms with E-state index in [-0.39, 0.29) is 11.8 Å². The molecule has 2 N–H and O–H groups in total. The average Bonchev–Trinajstić information content (AvgIpc) is 2.92. The molecule has 1 aromatic rings. The van der Waals surface area contributed by atoms with E-state index in [2.05, 4.69) is 15.4 Å². The molecule has 19 heavy (non-hydrogen) atoms. The highest BCUT2D eigenvalue weighted by Gasteiger charge is 2.24. The van der Waals surface area contributed by atoms with Crippen molar-refractivity contribution in [2.24, 2.45) is 5.92 Å². The van der Waals surface area contributed by atoms with Crippen molar-refractivity contribution < 1.29 is 14.3 Å². The van der Waals surface area contributed by atoms with Crippen LogP contribution in [0.1, 0.15) is 16.8 Å². The number of halogens is 1. The number of esters is 1. The summed E-state index contributed by atoms with van der Waals surface area (Å²) < 4.78 is 4.68. The van der Waals surface area contributed by atoms with Gasteiger partial charge in [0.2, 0.25) is 5.91 Å². The number of rotatable bonds is 3. The molecule has 5 nitrogen and oxygen atoms in total. The number of nitrogens with one attached hydrogen (secondary N) is 2. The predicted octanol–water partition coefficient (Wildman–Crippen LogP) is 1.67. The molecular weight excluding hydrogens is 268 g/mol. The Hall–Kier alpha value is -1.59. The molecule has 0 spiro atoms. The van der Waals surface area contributed by atoms with E-state index in [1.165, 1.54) is 13.2 Å². The Balaban J connectivity index is 2.20. The maximum atomic E-state index is 12.0. The van der Waals surface area contributed by atoms with Gasteiger partial charge in [-0.3, -0.25) is 4.79 Å². The fourth-order valence-corrected chi connectivity index (χ4v) is 2.19. The van der Waals surface area contributed by atoms with Crippen LogP contribution >= 0.6 is 11.6 Å². The van der Waals surface area contributed by atoms with Crippen LogP contribution in [0.5, 0.6) is 0 Å². The summed E-state index contributed by atoms with van der Waals surface area (Å²) in [5, 5.41) is 6.32. The Morgan fingerprint density at radius 3 is 2.89 bits per heavy atom. The lowest BCUT2D eigenvalue weighted by Crippen LogP contribution is -2.25. The Bertz CT molecular complexity index is 499. The van der Waals surface area contributed by atoms with Crippen LogP contribution in [0.4, 0.5) is 5.69 Å². The van der Waals surface area contributed by atoms with E-state index in [9.17, 15) is 9.59 Å². The maximum Gasteiger partial charge on any atom is 0.339 e. The molecule has 1 amide bonds. The SMILES string of the molecule is COC(=O)c1ccc(Cl)cc1NC(=O)C1CCNC1. The molecule has 0 radical (unpaired) electrons. The zero-order valence-corrected chi connectivity index (χ0v) is 11.3. The summed E-state index contributed by atoms with van der Waals surface area (Å²) in [5.41, 5.74) is 0.683. The van der Waals surface area contributed by atoms with Gasteiger partial charge in [0, 0.05) is 11.6 Å². The minimum atomic E-state index is -0.503. The molecule has 0 bridgehead atoms. The topological polar surface area (TPSA) is 67.4 Å². The summed E-state index contributed by atoms with van der Waals surface area (Å²) >= 11 is 5.89. The second kappa shape index (κ2) is 6.04. The fraction of sp³-hybridized carbons (Fsp3) is 0.385. The molecular formula is C13H15ClN2O3. The van der Waals surface area contributed by atoms with Gasteiger partial charge in [0.25, 0.3) is 0 Å². The van der Waals surface area contributed by atoms with Gasteiger partial charge in [0.05, 0.1) is 24.3 Å². The van der Waals surface area contributed by atoms with Gasteiger partial charge in [-0.1, -0.05) is 11.6 Å². The molecule has 0 saturated carbocycles. The van der Waals surface area contributed by atoms with Gasteiger partial charge in [-0.05, 0) is 31.2 Å². The monoisotopic (exact) mass is 282 g/mol. The molecule has 0 aromatic heterocycles. The number of benzene rings is 1. The minimum absolute atomic E-state index is 0.0792. The first-order valence-electron chi connectivity index (χ1n) is 6.01. The van der Waals surface area contributed by atoms with Gasteiger partial charge < -0.3 is 15.4 Å². The first-order valence-corrected chi connectivity index (χ1v) is 6.39. The smallest absolute Gasteiger partial charge is 0.339 e. The Morgan fingerprint density at radius 2 is 2.26 bits per heavy atom. The molecule has 1 saturated heterocycles. The number of methoxy groups -OCH3 is 1. The van der Waals surface area contributed by atoms with Crippen LogP contribution in [0.15, 0.2) is 18.2 Å². The molecule has 6 heteroatoms. The highest BCUT2D eigenvalue weighted by Crippen LogP contribution is 2.23. The molecule has 1 heterocycles. The first kappa shape index (κ1) is 13.8. The van der Waals surface area contributed by atoms with E-state index in [1.807, 2.05) is 0 Å². The number of carbonyl (C=O) groups is 2. The zero-order valence-electron chi connectivity index (χ0n) is 10.5. The van der Waals surface area contributed by atoms with E-state index in [0.29, 0.717) is 22.8 Å². The van der Waals surface area contributed by atoms with Crippen LogP contribution in [0, 0.1) is 5.92 Å². The van der Waals surface area contributed by atoms with Crippen molar-refractivity contribution in [3.05, 3.63) is 28.8 Å². The van der Waals surface area contributed by atoms with Crippen molar-refractivity contribution in [3.8, 4) is 0 Å². The largest absolute Gasteiger partial charge is 0.465 e. The standard InChI is InChI=1S/C13H15ClN2O3/c1-19-13(18)10-3-2-9(14)6-11(10)16-12(17)8-4-5-15-7-8/h2-3,6,8,15H,4-5,7H2,1H3,(H,16,17). The van der Waals surface area contributed by atoms with Crippen LogP contribution < -0.4 is 10.6 Å². The van der Waals surface area contributed by atoms with E-state index in [4.69, 9.17) is 11.6 Å². The average molecular weight is 283 g/mol. The lowest BCUT2D eigenvalue weighted by atomic mass is 10.1. The summed E-state index contributed by atoms with van der Waals surface area (Å²) in [4.78, 5) is 23.7. The predicted molar refractivity (Wildman–Crippen MR) is 72.4 cm³/mol. The Morgan fingerprint density at radius 1 is 1.47 bits per heavy atom. The summed E-state index contributed by atoms with van der Waals surface area (Å²) in [6.45, 7) is 1.48. The quantitative estimate of drug-likeness (QED) is 0.828. The summed E-state index contributed by atoms with van der Waals surface area (Å²) in [6, 6.07) is 4.67. The van der Waals surface area contributed by atoms with Gasteiger partial charge in [0.15, 0.2) is 0 Å². The van der Waals surface area contributed by atoms with Crippen LogP contribution in [-0.2, 0) is 9.53 Å². The molecule has 102 valence electrons. The van der Waals surface area contributed by atoms with Crippen molar-refractivity contribution >= 4 is 29.2 Å². The van der Waals surface area contributed by atoms with Gasteiger partial charge in [-0.2, -0.15) is 0 Å². The van der Waals surface area contributed by atoms with Crippen molar-refractivity contribution in [2.45, 2.75) is 6.42 Å². The number of ether oxygens (including phenoxy) is 1. The Kier molecular flexibility index (Phi) is 4.39. The summed E-state index contributed by atoms with van der Waals surface area (Å²) in [5.74, 6) is -0.696. The maximum absolute atomic E-state index is 12.0. The lowest BCUT2D eigenvalue weighted by Gasteiger charge is -2.13. The highest BCUT2D eigenvalue weighted by molar-refractivity contribution is 6.31. The van der Waals surface area contributed by atoms with Gasteiger partial charge in [-0.25, -0.2) is 4.79 Å². The molecule has 1 aromatic carbocycles. The third-order valence-corrected chi connectivity index (χ3v) is 3.31. The van der Waals surface area contributed by atoms with Crippen LogP contribution in [0.3, 0.4) is 0 Å². The Labute approximate surface area is 116 Å². The highest BCUT2D eigenvalue weighted by atomic mass is 35.5. The van der Waals surface area contributed by atoms with Crippen molar-refractivity contribution in [1.82, 2.24) is 5.32 Å². The number of hydrogen-bond acceptors (Lipinski definition) is 4. The van der Waals surface area contributed by atoms with Crippen LogP contribution in [0.25, 0.3) is 0 Å². The number of anilines is 1. The van der Waals surface area contributed by atoms with Crippen LogP contribution in [0.2, 0.25) is 5.02 Å². The number of hydrogen-bond donors (Lipinski definition) is 2. The summed E-state index contributed by atoms with van der Waals surface area (Å²) in [7, 11) is 1.30. The van der Waals surface area contributed by atoms with Gasteiger partial charge in [-0.15, -0.1) is 0 Å². The second-order valence-electron chi connectivity index (χ2n) is 4.36. The van der Waals surface area contributed by atoms with Gasteiger partial charge >= 0.3 is 5.97 Å². The van der Waals surface area contributed by atoms with E-state index < -0.39 is 5.97 Å². The minimum Gasteiger partial charge on any atom is -0.465 e. The molecule has 0 aliphatic carbocycles. The molecule has 1 aliphatic rings. The number of amides is 1. The molecule has 1 atom stereocenters. The normalized spacial score (nSPS) is 18.1. The van der Waals surface area contributed by atoms with Gasteiger partial charge in [0.1, 0.15) is 0 Å². The van der Waals surface area contributed by atoms with E-state index in [0.717, 1.165) is 13.0 Å². The summed E-state index contributed by atoms with van der Waals surface area (Å²) in [6.07, 6.45) is 0.792. The van der Waals surface area contributed by atoms with Crippen LogP contribution in [-0.4, -0.2) is 32.1 Å². The fourth-order valence-electron chi connectivity index (χ4n) is 2.02. The lowest BCUT2D eigenvalue weighted by molar-refractivity contribution is -0.119. The number of carbonyl (C=O) groups excluding carboxylic acids is 2. The van der Waals surface area contributed by atoms with E-state index in [1.54, 1.807) is 12.1 Å². The molecule has 1 unspecified atom stereocenters. The second-order valence-corrected chi connectivity index (χ2v) is 4.80. The molecule has 1 aliphatic heterocycles. The van der Waals surface area contributed by atoms with Crippen molar-refractivity contribution in [1.29, 1.82) is 0 Å². The third kappa shape index (κ3) is 3.24. The van der Waals surface area contributed by atoms with Crippen molar-refractivity contribution in [2.75, 3.05) is 25.5 Å². The third-order valence-electron chi connectivity index (χ3n) is 3.08. The van der Waals surface area contributed by atoms with E-state index >= 15 is 0 Å². The zero-order chi connectivity index (χ0) is 13.8.